The molecule has 0 bridgehead atoms. The van der Waals surface area contributed by atoms with E-state index in [2.05, 4.69) is 35.4 Å². The average molecular weight is 368 g/mol. The highest BCUT2D eigenvalue weighted by Crippen LogP contribution is 2.15. The first-order valence-corrected chi connectivity index (χ1v) is 10.9. The van der Waals surface area contributed by atoms with Gasteiger partial charge in [-0.1, -0.05) is 38.1 Å². The Hall–Kier alpha value is -0.950. The van der Waals surface area contributed by atoms with Crippen LogP contribution < -0.4 is 4.72 Å². The fourth-order valence-electron chi connectivity index (χ4n) is 3.34. The Morgan fingerprint density at radius 1 is 1.12 bits per heavy atom. The molecule has 142 valence electrons. The number of likely N-dealkylation sites (N-methyl/N-ethyl adjacent to an activating group) is 1. The molecule has 1 aliphatic heterocycles. The molecule has 0 spiro atoms. The van der Waals surface area contributed by atoms with Crippen LogP contribution in [0.1, 0.15) is 31.4 Å². The topological polar surface area (TPSA) is 52.7 Å². The lowest BCUT2D eigenvalue weighted by atomic mass is 10.0. The van der Waals surface area contributed by atoms with Crippen LogP contribution >= 0.6 is 0 Å². The Kier molecular flexibility index (Phi) is 7.43. The molecule has 1 fully saturated rings. The van der Waals surface area contributed by atoms with E-state index < -0.39 is 10.0 Å². The SMILES string of the molecule is Cc1ccccc1CS(=O)(=O)NCC(CC(C)C)N1CCN(C)CC1. The van der Waals surface area contributed by atoms with E-state index in [0.29, 0.717) is 12.5 Å². The molecular weight excluding hydrogens is 334 g/mol. The maximum Gasteiger partial charge on any atom is 0.215 e. The number of nitrogens with one attached hydrogen (secondary N) is 1. The van der Waals surface area contributed by atoms with Crippen molar-refractivity contribution in [2.24, 2.45) is 5.92 Å². The van der Waals surface area contributed by atoms with Crippen molar-refractivity contribution in [3.63, 3.8) is 0 Å². The molecule has 0 radical (unpaired) electrons. The molecule has 1 atom stereocenters. The summed E-state index contributed by atoms with van der Waals surface area (Å²) in [4.78, 5) is 4.77. The highest BCUT2D eigenvalue weighted by molar-refractivity contribution is 7.88. The fraction of sp³-hybridized carbons (Fsp3) is 0.684. The smallest absolute Gasteiger partial charge is 0.215 e. The van der Waals surface area contributed by atoms with E-state index in [1.807, 2.05) is 31.2 Å². The van der Waals surface area contributed by atoms with Gasteiger partial charge in [0.05, 0.1) is 5.75 Å². The first kappa shape index (κ1) is 20.4. The molecule has 1 heterocycles. The van der Waals surface area contributed by atoms with Crippen molar-refractivity contribution in [3.05, 3.63) is 35.4 Å². The van der Waals surface area contributed by atoms with Gasteiger partial charge in [0.1, 0.15) is 0 Å². The lowest BCUT2D eigenvalue weighted by Gasteiger charge is -2.38. The van der Waals surface area contributed by atoms with Gasteiger partial charge in [0.15, 0.2) is 0 Å². The van der Waals surface area contributed by atoms with Crippen molar-refractivity contribution in [3.8, 4) is 0 Å². The van der Waals surface area contributed by atoms with Crippen LogP contribution in [0.5, 0.6) is 0 Å². The lowest BCUT2D eigenvalue weighted by molar-refractivity contribution is 0.102. The Bertz CT molecular complexity index is 638. The molecule has 1 saturated heterocycles. The molecule has 0 aliphatic carbocycles. The van der Waals surface area contributed by atoms with Gasteiger partial charge in [-0.25, -0.2) is 13.1 Å². The van der Waals surface area contributed by atoms with Crippen LogP contribution in [-0.2, 0) is 15.8 Å². The Balaban J connectivity index is 1.97. The summed E-state index contributed by atoms with van der Waals surface area (Å²) in [5, 5.41) is 0. The third-order valence-electron chi connectivity index (χ3n) is 4.94. The van der Waals surface area contributed by atoms with Gasteiger partial charge in [-0.05, 0) is 37.4 Å². The number of benzene rings is 1. The molecule has 6 heteroatoms. The Labute approximate surface area is 153 Å². The molecule has 2 rings (SSSR count). The number of hydrogen-bond acceptors (Lipinski definition) is 4. The maximum atomic E-state index is 12.5. The third-order valence-corrected chi connectivity index (χ3v) is 6.24. The molecular formula is C19H33N3O2S. The summed E-state index contributed by atoms with van der Waals surface area (Å²) in [7, 11) is -1.19. The van der Waals surface area contributed by atoms with Gasteiger partial charge >= 0.3 is 0 Å². The van der Waals surface area contributed by atoms with E-state index in [1.165, 1.54) is 0 Å². The van der Waals surface area contributed by atoms with Gasteiger partial charge < -0.3 is 4.90 Å². The minimum Gasteiger partial charge on any atom is -0.304 e. The second-order valence-corrected chi connectivity index (χ2v) is 9.46. The summed E-state index contributed by atoms with van der Waals surface area (Å²) < 4.78 is 27.9. The van der Waals surface area contributed by atoms with E-state index in [9.17, 15) is 8.42 Å². The molecule has 1 unspecified atom stereocenters. The van der Waals surface area contributed by atoms with Gasteiger partial charge in [-0.15, -0.1) is 0 Å². The van der Waals surface area contributed by atoms with Crippen molar-refractivity contribution < 1.29 is 8.42 Å². The van der Waals surface area contributed by atoms with E-state index in [1.54, 1.807) is 0 Å². The van der Waals surface area contributed by atoms with Crippen LogP contribution in [0.4, 0.5) is 0 Å². The molecule has 0 aromatic heterocycles. The summed E-state index contributed by atoms with van der Waals surface area (Å²) in [6.07, 6.45) is 1.01. The molecule has 0 amide bonds. The number of hydrogen-bond donors (Lipinski definition) is 1. The maximum absolute atomic E-state index is 12.5. The van der Waals surface area contributed by atoms with Crippen molar-refractivity contribution in [1.29, 1.82) is 0 Å². The molecule has 1 aromatic carbocycles. The highest BCUT2D eigenvalue weighted by atomic mass is 32.2. The van der Waals surface area contributed by atoms with Gasteiger partial charge in [0.25, 0.3) is 0 Å². The minimum absolute atomic E-state index is 0.0524. The zero-order valence-corrected chi connectivity index (χ0v) is 16.8. The van der Waals surface area contributed by atoms with Gasteiger partial charge in [0, 0.05) is 38.8 Å². The molecule has 1 aliphatic rings. The van der Waals surface area contributed by atoms with E-state index >= 15 is 0 Å². The number of piperazine rings is 1. The van der Waals surface area contributed by atoms with E-state index in [4.69, 9.17) is 0 Å². The number of nitrogens with zero attached hydrogens (tertiary/aromatic N) is 2. The molecule has 1 aromatic rings. The quantitative estimate of drug-likeness (QED) is 0.764. The largest absolute Gasteiger partial charge is 0.304 e. The molecule has 0 saturated carbocycles. The predicted molar refractivity (Wildman–Crippen MR) is 104 cm³/mol. The standard InChI is InChI=1S/C19H33N3O2S/c1-16(2)13-19(22-11-9-21(4)10-12-22)14-20-25(23,24)15-18-8-6-5-7-17(18)3/h5-8,16,19-20H,9-15H2,1-4H3. The normalized spacial score (nSPS) is 18.6. The Morgan fingerprint density at radius 2 is 1.76 bits per heavy atom. The monoisotopic (exact) mass is 367 g/mol. The highest BCUT2D eigenvalue weighted by Gasteiger charge is 2.25. The van der Waals surface area contributed by atoms with Crippen LogP contribution in [0.25, 0.3) is 0 Å². The molecule has 25 heavy (non-hydrogen) atoms. The molecule has 1 N–H and O–H groups in total. The minimum atomic E-state index is -3.32. The van der Waals surface area contributed by atoms with Crippen LogP contribution in [0.3, 0.4) is 0 Å². The van der Waals surface area contributed by atoms with E-state index in [-0.39, 0.29) is 11.8 Å². The summed E-state index contributed by atoms with van der Waals surface area (Å²) in [6.45, 7) is 11.0. The lowest BCUT2D eigenvalue weighted by Crippen LogP contribution is -2.52. The van der Waals surface area contributed by atoms with Crippen molar-refractivity contribution >= 4 is 10.0 Å². The Morgan fingerprint density at radius 3 is 2.36 bits per heavy atom. The summed E-state index contributed by atoms with van der Waals surface area (Å²) in [6, 6.07) is 7.94. The number of rotatable bonds is 8. The van der Waals surface area contributed by atoms with Crippen LogP contribution in [0.15, 0.2) is 24.3 Å². The first-order chi connectivity index (χ1) is 11.8. The van der Waals surface area contributed by atoms with Crippen LogP contribution in [0, 0.1) is 12.8 Å². The average Bonchev–Trinajstić information content (AvgIpc) is 2.54. The van der Waals surface area contributed by atoms with Crippen molar-refractivity contribution in [1.82, 2.24) is 14.5 Å². The van der Waals surface area contributed by atoms with Crippen LogP contribution in [-0.4, -0.2) is 64.0 Å². The fourth-order valence-corrected chi connectivity index (χ4v) is 4.63. The van der Waals surface area contributed by atoms with Gasteiger partial charge in [-0.2, -0.15) is 0 Å². The van der Waals surface area contributed by atoms with Gasteiger partial charge in [-0.3, -0.25) is 4.90 Å². The summed E-state index contributed by atoms with van der Waals surface area (Å²) in [5.41, 5.74) is 1.89. The predicted octanol–water partition coefficient (Wildman–Crippen LogP) is 2.08. The number of sulfonamides is 1. The zero-order chi connectivity index (χ0) is 18.4. The summed E-state index contributed by atoms with van der Waals surface area (Å²) in [5.74, 6) is 0.599. The summed E-state index contributed by atoms with van der Waals surface area (Å²) >= 11 is 0. The van der Waals surface area contributed by atoms with Crippen molar-refractivity contribution in [2.75, 3.05) is 39.8 Å². The molecule has 5 nitrogen and oxygen atoms in total. The first-order valence-electron chi connectivity index (χ1n) is 9.21. The van der Waals surface area contributed by atoms with Crippen molar-refractivity contribution in [2.45, 2.75) is 39.0 Å². The second kappa shape index (κ2) is 9.12. The number of aryl methyl sites for hydroxylation is 1. The van der Waals surface area contributed by atoms with Crippen LogP contribution in [0.2, 0.25) is 0 Å². The third kappa shape index (κ3) is 6.70. The van der Waals surface area contributed by atoms with E-state index in [0.717, 1.165) is 43.7 Å². The second-order valence-electron chi connectivity index (χ2n) is 7.66. The van der Waals surface area contributed by atoms with Gasteiger partial charge in [0.2, 0.25) is 10.0 Å². The zero-order valence-electron chi connectivity index (χ0n) is 16.0.